The van der Waals surface area contributed by atoms with Crippen molar-refractivity contribution in [1.82, 2.24) is 14.9 Å². The first-order valence-corrected chi connectivity index (χ1v) is 13.6. The van der Waals surface area contributed by atoms with Crippen LogP contribution in [0.4, 0.5) is 27.8 Å². The lowest BCUT2D eigenvalue weighted by Crippen LogP contribution is -2.49. The minimum absolute atomic E-state index is 0.0160. The van der Waals surface area contributed by atoms with Crippen molar-refractivity contribution in [3.63, 3.8) is 0 Å². The van der Waals surface area contributed by atoms with E-state index < -0.39 is 0 Å². The number of nitrogens with zero attached hydrogens (tertiary/aromatic N) is 5. The minimum atomic E-state index is -0.330. The third kappa shape index (κ3) is 4.87. The fourth-order valence-corrected chi connectivity index (χ4v) is 6.09. The van der Waals surface area contributed by atoms with Gasteiger partial charge in [-0.2, -0.15) is 0 Å². The van der Waals surface area contributed by atoms with E-state index in [9.17, 15) is 9.59 Å². The molecule has 4 aliphatic rings. The summed E-state index contributed by atoms with van der Waals surface area (Å²) >= 11 is 0. The Kier molecular flexibility index (Phi) is 6.04. The van der Waals surface area contributed by atoms with Gasteiger partial charge >= 0.3 is 6.09 Å². The molecule has 200 valence electrons. The summed E-state index contributed by atoms with van der Waals surface area (Å²) in [6.45, 7) is 4.69. The number of hydrogen-bond acceptors (Lipinski definition) is 8. The lowest BCUT2D eigenvalue weighted by molar-refractivity contribution is -0.115. The molecule has 2 N–H and O–H groups in total. The average Bonchev–Trinajstić information content (AvgIpc) is 3.64. The molecule has 0 radical (unpaired) electrons. The Bertz CT molecular complexity index is 1380. The SMILES string of the molecule is O=C1Cc2cc(N3C[C@H](CN4CCN(c5cnc(NC6Cc7ccccc7C6)nc5)CC4)OC3=O)ccc2N1. The van der Waals surface area contributed by atoms with E-state index in [1.165, 1.54) is 11.1 Å². The van der Waals surface area contributed by atoms with Gasteiger partial charge < -0.3 is 20.3 Å². The zero-order valence-electron chi connectivity index (χ0n) is 21.7. The second-order valence-electron chi connectivity index (χ2n) is 10.8. The molecule has 7 rings (SSSR count). The van der Waals surface area contributed by atoms with Gasteiger partial charge in [0.05, 0.1) is 31.0 Å². The molecule has 1 atom stereocenters. The Morgan fingerprint density at radius 3 is 2.41 bits per heavy atom. The number of rotatable bonds is 6. The van der Waals surface area contributed by atoms with E-state index in [-0.39, 0.29) is 18.1 Å². The first-order chi connectivity index (χ1) is 19.1. The Morgan fingerprint density at radius 2 is 1.67 bits per heavy atom. The number of carbonyl (C=O) groups is 2. The van der Waals surface area contributed by atoms with Gasteiger partial charge in [0.1, 0.15) is 6.10 Å². The van der Waals surface area contributed by atoms with Crippen molar-refractivity contribution in [2.24, 2.45) is 0 Å². The van der Waals surface area contributed by atoms with Gasteiger partial charge in [0.15, 0.2) is 0 Å². The maximum atomic E-state index is 12.6. The van der Waals surface area contributed by atoms with Gasteiger partial charge in [-0.3, -0.25) is 14.6 Å². The predicted molar refractivity (Wildman–Crippen MR) is 148 cm³/mol. The topological polar surface area (TPSA) is 103 Å². The molecule has 0 bridgehead atoms. The number of carbonyl (C=O) groups excluding carboxylic acids is 2. The van der Waals surface area contributed by atoms with Crippen LogP contribution in [0, 0.1) is 0 Å². The fourth-order valence-electron chi connectivity index (χ4n) is 6.09. The van der Waals surface area contributed by atoms with Crippen LogP contribution in [0.1, 0.15) is 16.7 Å². The number of ether oxygens (including phenoxy) is 1. The quantitative estimate of drug-likeness (QED) is 0.507. The summed E-state index contributed by atoms with van der Waals surface area (Å²) < 4.78 is 5.69. The Balaban J connectivity index is 0.894. The molecule has 2 saturated heterocycles. The molecule has 2 aromatic carbocycles. The molecule has 0 spiro atoms. The van der Waals surface area contributed by atoms with Crippen molar-refractivity contribution in [2.75, 3.05) is 59.7 Å². The summed E-state index contributed by atoms with van der Waals surface area (Å²) in [5, 5.41) is 6.32. The third-order valence-electron chi connectivity index (χ3n) is 8.12. The molecule has 2 fully saturated rings. The monoisotopic (exact) mass is 525 g/mol. The van der Waals surface area contributed by atoms with Gasteiger partial charge in [0.25, 0.3) is 0 Å². The summed E-state index contributed by atoms with van der Waals surface area (Å²) in [6, 6.07) is 14.6. The van der Waals surface area contributed by atoms with Crippen LogP contribution in [0.2, 0.25) is 0 Å². The maximum absolute atomic E-state index is 12.6. The van der Waals surface area contributed by atoms with Crippen LogP contribution in [0.5, 0.6) is 0 Å². The number of anilines is 4. The number of piperazine rings is 1. The zero-order chi connectivity index (χ0) is 26.3. The van der Waals surface area contributed by atoms with Crippen LogP contribution < -0.4 is 20.4 Å². The molecule has 10 heteroatoms. The lowest BCUT2D eigenvalue weighted by atomic mass is 10.1. The third-order valence-corrected chi connectivity index (χ3v) is 8.12. The normalized spacial score (nSPS) is 21.1. The van der Waals surface area contributed by atoms with E-state index in [4.69, 9.17) is 4.74 Å². The van der Waals surface area contributed by atoms with E-state index in [1.54, 1.807) is 4.90 Å². The molecular weight excluding hydrogens is 494 g/mol. The van der Waals surface area contributed by atoms with Gasteiger partial charge in [-0.05, 0) is 47.7 Å². The number of benzene rings is 2. The van der Waals surface area contributed by atoms with Crippen molar-refractivity contribution < 1.29 is 14.3 Å². The second kappa shape index (κ2) is 9.85. The molecule has 0 unspecified atom stereocenters. The van der Waals surface area contributed by atoms with Gasteiger partial charge in [-0.1, -0.05) is 24.3 Å². The number of aromatic nitrogens is 2. The highest BCUT2D eigenvalue weighted by Crippen LogP contribution is 2.30. The van der Waals surface area contributed by atoms with Crippen molar-refractivity contribution in [3.05, 3.63) is 71.5 Å². The van der Waals surface area contributed by atoms with Crippen LogP contribution >= 0.6 is 0 Å². The molecule has 4 heterocycles. The Labute approximate surface area is 227 Å². The largest absolute Gasteiger partial charge is 0.443 e. The predicted octanol–water partition coefficient (Wildman–Crippen LogP) is 2.70. The van der Waals surface area contributed by atoms with Crippen molar-refractivity contribution in [3.8, 4) is 0 Å². The number of nitrogens with one attached hydrogen (secondary N) is 2. The van der Waals surface area contributed by atoms with E-state index in [1.807, 2.05) is 30.6 Å². The summed E-state index contributed by atoms with van der Waals surface area (Å²) in [5.74, 6) is 0.659. The lowest BCUT2D eigenvalue weighted by Gasteiger charge is -2.36. The van der Waals surface area contributed by atoms with Crippen LogP contribution in [-0.4, -0.2) is 78.3 Å². The molecule has 3 aromatic rings. The van der Waals surface area contributed by atoms with Crippen molar-refractivity contribution >= 4 is 35.0 Å². The average molecular weight is 526 g/mol. The van der Waals surface area contributed by atoms with Crippen LogP contribution in [0.3, 0.4) is 0 Å². The van der Waals surface area contributed by atoms with Gasteiger partial charge in [-0.15, -0.1) is 0 Å². The molecule has 39 heavy (non-hydrogen) atoms. The second-order valence-corrected chi connectivity index (χ2v) is 10.8. The molecule has 10 nitrogen and oxygen atoms in total. The first kappa shape index (κ1) is 23.9. The van der Waals surface area contributed by atoms with E-state index in [0.29, 0.717) is 31.5 Å². The number of cyclic esters (lactones) is 1. The summed E-state index contributed by atoms with van der Waals surface area (Å²) in [6.07, 6.45) is 5.65. The van der Waals surface area contributed by atoms with Crippen LogP contribution in [0.25, 0.3) is 0 Å². The summed E-state index contributed by atoms with van der Waals surface area (Å²) in [5.41, 5.74) is 6.35. The zero-order valence-corrected chi connectivity index (χ0v) is 21.7. The van der Waals surface area contributed by atoms with E-state index in [0.717, 1.165) is 61.6 Å². The van der Waals surface area contributed by atoms with Crippen molar-refractivity contribution in [2.45, 2.75) is 31.4 Å². The van der Waals surface area contributed by atoms with E-state index >= 15 is 0 Å². The number of amides is 2. The highest BCUT2D eigenvalue weighted by Gasteiger charge is 2.35. The summed E-state index contributed by atoms with van der Waals surface area (Å²) in [7, 11) is 0. The van der Waals surface area contributed by atoms with Gasteiger partial charge in [-0.25, -0.2) is 14.8 Å². The Hall–Kier alpha value is -4.18. The van der Waals surface area contributed by atoms with Crippen molar-refractivity contribution in [1.29, 1.82) is 0 Å². The highest BCUT2D eigenvalue weighted by molar-refractivity contribution is 6.00. The smallest absolute Gasteiger partial charge is 0.414 e. The molecule has 0 saturated carbocycles. The van der Waals surface area contributed by atoms with E-state index in [2.05, 4.69) is 54.7 Å². The molecule has 1 aliphatic carbocycles. The number of hydrogen-bond donors (Lipinski definition) is 2. The Morgan fingerprint density at radius 1 is 0.923 bits per heavy atom. The standard InChI is InChI=1S/C29H31N7O3/c37-27-14-21-13-23(5-6-26(21)33-27)36-18-25(39-29(36)38)17-34-7-9-35(10-8-34)24-15-30-28(31-16-24)32-22-11-19-3-1-2-4-20(19)12-22/h1-6,13,15-16,22,25H,7-12,14,17-18H2,(H,33,37)(H,30,31,32)/t25-/m0/s1. The first-order valence-electron chi connectivity index (χ1n) is 13.6. The van der Waals surface area contributed by atoms with Crippen LogP contribution in [0.15, 0.2) is 54.9 Å². The summed E-state index contributed by atoms with van der Waals surface area (Å²) in [4.78, 5) is 39.8. The molecular formula is C29H31N7O3. The minimum Gasteiger partial charge on any atom is -0.443 e. The molecule has 1 aromatic heterocycles. The molecule has 2 amide bonds. The van der Waals surface area contributed by atoms with Crippen LogP contribution in [-0.2, 0) is 28.8 Å². The fraction of sp³-hybridized carbons (Fsp3) is 0.379. The van der Waals surface area contributed by atoms with Gasteiger partial charge in [0.2, 0.25) is 11.9 Å². The molecule has 3 aliphatic heterocycles. The highest BCUT2D eigenvalue weighted by atomic mass is 16.6. The number of fused-ring (bicyclic) bond motifs is 2. The van der Waals surface area contributed by atoms with Gasteiger partial charge in [0, 0.05) is 50.1 Å². The maximum Gasteiger partial charge on any atom is 0.414 e.